The number of piperazine rings is 1. The van der Waals surface area contributed by atoms with E-state index in [4.69, 9.17) is 11.2 Å². The Kier molecular flexibility index (Phi) is 7.53. The van der Waals surface area contributed by atoms with Crippen molar-refractivity contribution in [2.24, 2.45) is 0 Å². The number of phenolic OH excluding ortho intramolecular Hbond substituents is 1. The number of rotatable bonds is 5. The van der Waals surface area contributed by atoms with E-state index < -0.39 is 23.4 Å². The van der Waals surface area contributed by atoms with E-state index in [1.54, 1.807) is 10.3 Å². The predicted octanol–water partition coefficient (Wildman–Crippen LogP) is 6.23. The Hall–Kier alpha value is -4.74. The lowest BCUT2D eigenvalue weighted by Gasteiger charge is -2.41. The molecule has 2 bridgehead atoms. The molecule has 2 saturated heterocycles. The van der Waals surface area contributed by atoms with Gasteiger partial charge in [0, 0.05) is 41.7 Å². The molecule has 2 atom stereocenters. The fraction of sp³-hybridized carbons (Fsp3) is 0.219. The lowest BCUT2D eigenvalue weighted by Crippen LogP contribution is -2.56. The third-order valence-corrected chi connectivity index (χ3v) is 9.74. The predicted molar refractivity (Wildman–Crippen MR) is 171 cm³/mol. The average molecular weight is 708 g/mol. The molecule has 0 spiro atoms. The number of thiazole rings is 1. The van der Waals surface area contributed by atoms with E-state index in [0.717, 1.165) is 6.08 Å². The number of hydrogen-bond acceptors (Lipinski definition) is 9. The Morgan fingerprint density at radius 3 is 2.63 bits per heavy atom. The minimum atomic E-state index is -0.896. The van der Waals surface area contributed by atoms with Gasteiger partial charge in [0.2, 0.25) is 0 Å². The largest absolute Gasteiger partial charge is 0.508 e. The lowest BCUT2D eigenvalue weighted by atomic mass is 9.96. The molecular formula is C32H22BrF3N6O3S. The zero-order valence-electron chi connectivity index (χ0n) is 24.0. The van der Waals surface area contributed by atoms with E-state index in [1.165, 1.54) is 48.9 Å². The quantitative estimate of drug-likeness (QED) is 0.170. The van der Waals surface area contributed by atoms with Gasteiger partial charge in [-0.15, -0.1) is 17.8 Å². The average Bonchev–Trinajstić information content (AvgIpc) is 3.57. The molecule has 9 nitrogen and oxygen atoms in total. The molecule has 1 N–H and O–H groups in total. The summed E-state index contributed by atoms with van der Waals surface area (Å²) >= 11 is 4.44. The molecule has 46 heavy (non-hydrogen) atoms. The van der Waals surface area contributed by atoms with E-state index in [-0.39, 0.29) is 57.0 Å². The summed E-state index contributed by atoms with van der Waals surface area (Å²) in [6.45, 7) is 0.609. The number of aromatic hydroxyl groups is 1. The van der Waals surface area contributed by atoms with E-state index in [9.17, 15) is 14.3 Å². The van der Waals surface area contributed by atoms with Crippen molar-refractivity contribution in [2.45, 2.75) is 24.9 Å². The number of amides is 1. The van der Waals surface area contributed by atoms with Crippen LogP contribution in [0.1, 0.15) is 23.4 Å². The number of carbonyl (C=O) groups is 1. The number of halogens is 4. The fourth-order valence-electron chi connectivity index (χ4n) is 6.33. The minimum Gasteiger partial charge on any atom is -0.508 e. The highest BCUT2D eigenvalue weighted by molar-refractivity contribution is 9.10. The van der Waals surface area contributed by atoms with Crippen LogP contribution in [0.3, 0.4) is 0 Å². The zero-order chi connectivity index (χ0) is 32.3. The minimum absolute atomic E-state index is 0.0892. The van der Waals surface area contributed by atoms with Crippen LogP contribution < -0.4 is 9.64 Å². The number of phenols is 1. The van der Waals surface area contributed by atoms with Crippen LogP contribution in [0, 0.1) is 24.0 Å². The van der Waals surface area contributed by atoms with Gasteiger partial charge in [0.15, 0.2) is 11.6 Å². The number of carbonyl (C=O) groups excluding carboxylic acids is 1. The van der Waals surface area contributed by atoms with Gasteiger partial charge in [-0.1, -0.05) is 12.0 Å². The van der Waals surface area contributed by atoms with Crippen LogP contribution in [0.4, 0.5) is 19.0 Å². The Balaban J connectivity index is 1.28. The summed E-state index contributed by atoms with van der Waals surface area (Å²) in [4.78, 5) is 34.0. The summed E-state index contributed by atoms with van der Waals surface area (Å²) in [5.74, 6) is -0.654. The molecule has 5 heterocycles. The summed E-state index contributed by atoms with van der Waals surface area (Å²) in [5, 5.41) is 13.4. The van der Waals surface area contributed by atoms with Gasteiger partial charge < -0.3 is 19.6 Å². The second-order valence-corrected chi connectivity index (χ2v) is 12.6. The van der Waals surface area contributed by atoms with E-state index in [1.807, 2.05) is 4.90 Å². The van der Waals surface area contributed by atoms with Crippen LogP contribution >= 0.6 is 27.3 Å². The van der Waals surface area contributed by atoms with Gasteiger partial charge in [-0.2, -0.15) is 9.97 Å². The number of fused-ring (bicyclic) bond motifs is 4. The first-order chi connectivity index (χ1) is 22.2. The molecule has 1 amide bonds. The maximum absolute atomic E-state index is 16.5. The molecule has 14 heteroatoms. The molecule has 2 aliphatic heterocycles. The molecule has 0 radical (unpaired) electrons. The Bertz CT molecular complexity index is 2140. The molecule has 232 valence electrons. The summed E-state index contributed by atoms with van der Waals surface area (Å²) in [6.07, 6.45) is 9.46. The Labute approximate surface area is 272 Å². The van der Waals surface area contributed by atoms with Crippen LogP contribution in [0.15, 0.2) is 46.3 Å². The molecule has 2 unspecified atom stereocenters. The van der Waals surface area contributed by atoms with Crippen molar-refractivity contribution < 1.29 is 27.8 Å². The van der Waals surface area contributed by atoms with Gasteiger partial charge in [0.1, 0.15) is 38.2 Å². The number of benzene rings is 2. The van der Waals surface area contributed by atoms with E-state index >= 15 is 8.78 Å². The van der Waals surface area contributed by atoms with Gasteiger partial charge in [0.25, 0.3) is 5.91 Å². The molecule has 2 aliphatic rings. The number of methoxy groups -OCH3 is 1. The molecule has 3 aromatic heterocycles. The van der Waals surface area contributed by atoms with Crippen molar-refractivity contribution in [1.29, 1.82) is 0 Å². The summed E-state index contributed by atoms with van der Waals surface area (Å²) in [6, 6.07) is 4.54. The molecule has 5 aromatic rings. The number of pyridine rings is 1. The zero-order valence-corrected chi connectivity index (χ0v) is 26.4. The highest BCUT2D eigenvalue weighted by Crippen LogP contribution is 2.40. The van der Waals surface area contributed by atoms with E-state index in [0.29, 0.717) is 46.7 Å². The third-order valence-electron chi connectivity index (χ3n) is 8.24. The molecule has 0 aliphatic carbocycles. The van der Waals surface area contributed by atoms with Gasteiger partial charge in [0.05, 0.1) is 30.1 Å². The highest BCUT2D eigenvalue weighted by atomic mass is 79.9. The number of nitrogens with zero attached hydrogens (tertiary/aromatic N) is 6. The standard InChI is InChI=1S/C32H22BrF3N6O3S/c1-3-19-22(34)7-4-15-8-18(43)9-20(26(15)19)28-27(36)29-21(11-37-28)30(40-32(39-29)45-2)41-12-16-5-6-17(13-41)42(16)31(44)23(35)10-25-38-24(33)14-46-25/h1,4,7-11,14,16-17,43H,5-6,12-13H2,2H3/b23-10-. The maximum Gasteiger partial charge on any atom is 0.318 e. The molecule has 7 rings (SSSR count). The number of ether oxygens (including phenoxy) is 1. The van der Waals surface area contributed by atoms with Crippen LogP contribution in [0.5, 0.6) is 11.8 Å². The second kappa shape index (κ2) is 11.6. The van der Waals surface area contributed by atoms with Crippen LogP contribution in [0.25, 0.3) is 39.0 Å². The van der Waals surface area contributed by atoms with Crippen molar-refractivity contribution >= 4 is 66.7 Å². The first-order valence-corrected chi connectivity index (χ1v) is 15.7. The van der Waals surface area contributed by atoms with Crippen LogP contribution in [-0.4, -0.2) is 68.1 Å². The van der Waals surface area contributed by atoms with Crippen molar-refractivity contribution in [1.82, 2.24) is 24.8 Å². The highest BCUT2D eigenvalue weighted by Gasteiger charge is 2.44. The van der Waals surface area contributed by atoms with Crippen LogP contribution in [0.2, 0.25) is 0 Å². The SMILES string of the molecule is C#Cc1c(F)ccc2cc(O)cc(-c3ncc4c(N5CC6CCC(C5)N6C(=O)/C(F)=C/c5nc(Br)cs5)nc(OC)nc4c3F)c12. The summed E-state index contributed by atoms with van der Waals surface area (Å²) < 4.78 is 52.1. The molecular weight excluding hydrogens is 685 g/mol. The molecule has 2 aromatic carbocycles. The van der Waals surface area contributed by atoms with Crippen molar-refractivity contribution in [2.75, 3.05) is 25.1 Å². The van der Waals surface area contributed by atoms with Gasteiger partial charge in [-0.05, 0) is 52.4 Å². The lowest BCUT2D eigenvalue weighted by molar-refractivity contribution is -0.131. The monoisotopic (exact) mass is 706 g/mol. The fourth-order valence-corrected chi connectivity index (χ4v) is 7.51. The number of aromatic nitrogens is 4. The molecule has 2 fully saturated rings. The first kappa shape index (κ1) is 29.9. The topological polar surface area (TPSA) is 105 Å². The van der Waals surface area contributed by atoms with Gasteiger partial charge >= 0.3 is 6.01 Å². The summed E-state index contributed by atoms with van der Waals surface area (Å²) in [5.41, 5.74) is -0.321. The van der Waals surface area contributed by atoms with Crippen molar-refractivity contribution in [3.05, 3.63) is 68.5 Å². The van der Waals surface area contributed by atoms with Crippen molar-refractivity contribution in [3.8, 4) is 35.4 Å². The number of hydrogen-bond donors (Lipinski definition) is 1. The normalized spacial score (nSPS) is 18.0. The van der Waals surface area contributed by atoms with Gasteiger partial charge in [-0.3, -0.25) is 9.78 Å². The van der Waals surface area contributed by atoms with Crippen LogP contribution in [-0.2, 0) is 4.79 Å². The van der Waals surface area contributed by atoms with E-state index in [2.05, 4.69) is 41.8 Å². The Morgan fingerprint density at radius 1 is 1.20 bits per heavy atom. The third kappa shape index (κ3) is 5.00. The molecule has 0 saturated carbocycles. The smallest absolute Gasteiger partial charge is 0.318 e. The first-order valence-electron chi connectivity index (χ1n) is 14.0. The number of terminal acetylenes is 1. The second-order valence-electron chi connectivity index (χ2n) is 10.9. The van der Waals surface area contributed by atoms with Crippen molar-refractivity contribution in [3.63, 3.8) is 0 Å². The summed E-state index contributed by atoms with van der Waals surface area (Å²) in [7, 11) is 1.35. The maximum atomic E-state index is 16.5. The number of anilines is 1. The van der Waals surface area contributed by atoms with Gasteiger partial charge in [-0.25, -0.2) is 18.2 Å². The Morgan fingerprint density at radius 2 is 1.96 bits per heavy atom.